The molecule has 3 rings (SSSR count). The number of halogens is 1. The number of nitrogens with one attached hydrogen (secondary N) is 3. The number of nitrogens with zero attached hydrogens (tertiary/aromatic N) is 2. The number of aliphatic imine (C=N–C) groups is 1. The van der Waals surface area contributed by atoms with Crippen molar-refractivity contribution < 1.29 is 9.53 Å². The number of hydrogen-bond acceptors (Lipinski definition) is 4. The molecule has 3 N–H and O–H groups in total. The molecule has 7 nitrogen and oxygen atoms in total. The summed E-state index contributed by atoms with van der Waals surface area (Å²) in [5, 5.41) is 9.70. The van der Waals surface area contributed by atoms with E-state index in [-0.39, 0.29) is 29.9 Å². The molecule has 2 fully saturated rings. The van der Waals surface area contributed by atoms with Crippen LogP contribution in [0.25, 0.3) is 0 Å². The first kappa shape index (κ1) is 24.7. The lowest BCUT2D eigenvalue weighted by Gasteiger charge is -2.24. The highest BCUT2D eigenvalue weighted by atomic mass is 127. The van der Waals surface area contributed by atoms with E-state index in [1.165, 1.54) is 45.6 Å². The Morgan fingerprint density at radius 2 is 2.07 bits per heavy atom. The van der Waals surface area contributed by atoms with Gasteiger partial charge in [0.05, 0.1) is 6.54 Å². The molecule has 1 aliphatic heterocycles. The van der Waals surface area contributed by atoms with Crippen molar-refractivity contribution in [2.75, 3.05) is 38.1 Å². The van der Waals surface area contributed by atoms with Crippen molar-refractivity contribution in [3.05, 3.63) is 24.3 Å². The van der Waals surface area contributed by atoms with Gasteiger partial charge in [-0.15, -0.1) is 24.0 Å². The summed E-state index contributed by atoms with van der Waals surface area (Å²) in [6.45, 7) is 7.77. The SMILES string of the molecule is CCNC(=NCCOc1cccc(NC(C)=O)c1)NC1CCN(C2CCCC2)C1.I. The van der Waals surface area contributed by atoms with Gasteiger partial charge in [0.15, 0.2) is 5.96 Å². The smallest absolute Gasteiger partial charge is 0.221 e. The minimum atomic E-state index is -0.0912. The van der Waals surface area contributed by atoms with Crippen LogP contribution in [-0.4, -0.2) is 61.6 Å². The van der Waals surface area contributed by atoms with Crippen molar-refractivity contribution in [2.24, 2.45) is 4.99 Å². The number of ether oxygens (including phenoxy) is 1. The maximum Gasteiger partial charge on any atom is 0.221 e. The van der Waals surface area contributed by atoms with Crippen LogP contribution in [0.2, 0.25) is 0 Å². The van der Waals surface area contributed by atoms with Crippen molar-refractivity contribution in [2.45, 2.75) is 58.0 Å². The monoisotopic (exact) mass is 529 g/mol. The van der Waals surface area contributed by atoms with Crippen molar-refractivity contribution in [3.63, 3.8) is 0 Å². The lowest BCUT2D eigenvalue weighted by molar-refractivity contribution is -0.114. The summed E-state index contributed by atoms with van der Waals surface area (Å²) in [6, 6.07) is 8.67. The Morgan fingerprint density at radius 1 is 1.27 bits per heavy atom. The first-order valence-corrected chi connectivity index (χ1v) is 10.9. The van der Waals surface area contributed by atoms with Gasteiger partial charge < -0.3 is 20.7 Å². The van der Waals surface area contributed by atoms with Gasteiger partial charge in [-0.2, -0.15) is 0 Å². The first-order chi connectivity index (χ1) is 14.1. The van der Waals surface area contributed by atoms with Gasteiger partial charge in [-0.25, -0.2) is 4.99 Å². The van der Waals surface area contributed by atoms with Gasteiger partial charge >= 0.3 is 0 Å². The zero-order valence-corrected chi connectivity index (χ0v) is 20.5. The molecular weight excluding hydrogens is 493 g/mol. The number of rotatable bonds is 8. The van der Waals surface area contributed by atoms with Crippen LogP contribution in [0.3, 0.4) is 0 Å². The Bertz CT molecular complexity index is 694. The second-order valence-electron chi connectivity index (χ2n) is 7.88. The molecule has 0 aromatic heterocycles. The molecule has 1 unspecified atom stereocenters. The third-order valence-electron chi connectivity index (χ3n) is 5.53. The molecule has 0 spiro atoms. The maximum absolute atomic E-state index is 11.2. The highest BCUT2D eigenvalue weighted by Gasteiger charge is 2.30. The highest BCUT2D eigenvalue weighted by Crippen LogP contribution is 2.26. The summed E-state index contributed by atoms with van der Waals surface area (Å²) in [6.07, 6.45) is 6.67. The van der Waals surface area contributed by atoms with Crippen molar-refractivity contribution >= 4 is 41.5 Å². The van der Waals surface area contributed by atoms with E-state index in [2.05, 4.69) is 32.8 Å². The number of carbonyl (C=O) groups excluding carboxylic acids is 1. The van der Waals surface area contributed by atoms with Crippen LogP contribution in [-0.2, 0) is 4.79 Å². The lowest BCUT2D eigenvalue weighted by atomic mass is 10.2. The quantitative estimate of drug-likeness (QED) is 0.209. The van der Waals surface area contributed by atoms with E-state index in [9.17, 15) is 4.79 Å². The van der Waals surface area contributed by atoms with Crippen LogP contribution in [0.15, 0.2) is 29.3 Å². The molecule has 1 aromatic rings. The fourth-order valence-electron chi connectivity index (χ4n) is 4.21. The standard InChI is InChI=1S/C22H35N5O2.HI/c1-3-23-22(26-19-11-13-27(16-19)20-8-4-5-9-20)24-12-14-29-21-10-6-7-18(15-21)25-17(2)28;/h6-7,10,15,19-20H,3-5,8-9,11-14,16H2,1-2H3,(H,25,28)(H2,23,24,26);1H. The normalized spacial score (nSPS) is 19.9. The van der Waals surface area contributed by atoms with Gasteiger partial charge in [0.2, 0.25) is 5.91 Å². The molecule has 1 aromatic carbocycles. The molecule has 1 heterocycles. The molecule has 1 saturated carbocycles. The molecule has 2 aliphatic rings. The predicted octanol–water partition coefficient (Wildman–Crippen LogP) is 3.21. The molecule has 1 amide bonds. The van der Waals surface area contributed by atoms with Crippen LogP contribution < -0.4 is 20.7 Å². The molecule has 168 valence electrons. The minimum absolute atomic E-state index is 0. The van der Waals surface area contributed by atoms with E-state index < -0.39 is 0 Å². The molecule has 1 atom stereocenters. The van der Waals surface area contributed by atoms with Crippen LogP contribution in [0.4, 0.5) is 5.69 Å². The summed E-state index contributed by atoms with van der Waals surface area (Å²) >= 11 is 0. The third-order valence-corrected chi connectivity index (χ3v) is 5.53. The second-order valence-corrected chi connectivity index (χ2v) is 7.88. The molecular formula is C22H36IN5O2. The van der Waals surface area contributed by atoms with E-state index in [0.717, 1.165) is 36.5 Å². The third kappa shape index (κ3) is 7.94. The van der Waals surface area contributed by atoms with Crippen LogP contribution in [0.5, 0.6) is 5.75 Å². The van der Waals surface area contributed by atoms with Gasteiger partial charge in [-0.05, 0) is 38.3 Å². The number of hydrogen-bond donors (Lipinski definition) is 3. The van der Waals surface area contributed by atoms with E-state index in [4.69, 9.17) is 4.74 Å². The predicted molar refractivity (Wildman–Crippen MR) is 133 cm³/mol. The second kappa shape index (κ2) is 13.0. The zero-order chi connectivity index (χ0) is 20.5. The van der Waals surface area contributed by atoms with Crippen LogP contribution >= 0.6 is 24.0 Å². The lowest BCUT2D eigenvalue weighted by Crippen LogP contribution is -2.45. The van der Waals surface area contributed by atoms with Crippen molar-refractivity contribution in [1.29, 1.82) is 0 Å². The van der Waals surface area contributed by atoms with Gasteiger partial charge in [-0.1, -0.05) is 18.9 Å². The van der Waals surface area contributed by atoms with E-state index in [0.29, 0.717) is 19.2 Å². The summed E-state index contributed by atoms with van der Waals surface area (Å²) in [5.41, 5.74) is 0.738. The molecule has 30 heavy (non-hydrogen) atoms. The van der Waals surface area contributed by atoms with Crippen molar-refractivity contribution in [3.8, 4) is 5.75 Å². The average molecular weight is 529 g/mol. The number of likely N-dealkylation sites (tertiary alicyclic amines) is 1. The fourth-order valence-corrected chi connectivity index (χ4v) is 4.21. The maximum atomic E-state index is 11.2. The van der Waals surface area contributed by atoms with Gasteiger partial charge in [-0.3, -0.25) is 9.69 Å². The number of carbonyl (C=O) groups is 1. The summed E-state index contributed by atoms with van der Waals surface area (Å²) in [7, 11) is 0. The minimum Gasteiger partial charge on any atom is -0.492 e. The molecule has 8 heteroatoms. The number of benzene rings is 1. The summed E-state index contributed by atoms with van der Waals surface area (Å²) in [5.74, 6) is 1.50. The highest BCUT2D eigenvalue weighted by molar-refractivity contribution is 14.0. The van der Waals surface area contributed by atoms with Crippen molar-refractivity contribution in [1.82, 2.24) is 15.5 Å². The Kier molecular flexibility index (Phi) is 10.7. The molecule has 0 bridgehead atoms. The zero-order valence-electron chi connectivity index (χ0n) is 18.2. The number of amides is 1. The first-order valence-electron chi connectivity index (χ1n) is 10.9. The van der Waals surface area contributed by atoms with Gasteiger partial charge in [0.1, 0.15) is 12.4 Å². The Hall–Kier alpha value is -1.55. The Labute approximate surface area is 197 Å². The molecule has 1 saturated heterocycles. The van der Waals surface area contributed by atoms with E-state index in [1.54, 1.807) is 0 Å². The largest absolute Gasteiger partial charge is 0.492 e. The fraction of sp³-hybridized carbons (Fsp3) is 0.636. The van der Waals surface area contributed by atoms with Gasteiger partial charge in [0, 0.05) is 50.4 Å². The van der Waals surface area contributed by atoms with Gasteiger partial charge in [0.25, 0.3) is 0 Å². The van der Waals surface area contributed by atoms with Crippen LogP contribution in [0.1, 0.15) is 46.0 Å². The Balaban J connectivity index is 0.00000320. The summed E-state index contributed by atoms with van der Waals surface area (Å²) in [4.78, 5) is 18.5. The Morgan fingerprint density at radius 3 is 2.80 bits per heavy atom. The van der Waals surface area contributed by atoms with E-state index >= 15 is 0 Å². The summed E-state index contributed by atoms with van der Waals surface area (Å²) < 4.78 is 5.79. The van der Waals surface area contributed by atoms with E-state index in [1.807, 2.05) is 24.3 Å². The molecule has 0 radical (unpaired) electrons. The molecule has 1 aliphatic carbocycles. The number of guanidine groups is 1. The average Bonchev–Trinajstić information content (AvgIpc) is 3.37. The number of anilines is 1. The topological polar surface area (TPSA) is 78.0 Å². The van der Waals surface area contributed by atoms with Crippen LogP contribution in [0, 0.1) is 0 Å².